The van der Waals surface area contributed by atoms with Crippen molar-refractivity contribution in [3.63, 3.8) is 0 Å². The van der Waals surface area contributed by atoms with E-state index in [1.165, 1.54) is 22.9 Å². The number of aromatic nitrogens is 3. The van der Waals surface area contributed by atoms with Crippen LogP contribution in [0.3, 0.4) is 0 Å². The van der Waals surface area contributed by atoms with E-state index in [1.54, 1.807) is 0 Å². The van der Waals surface area contributed by atoms with Gasteiger partial charge >= 0.3 is 0 Å². The van der Waals surface area contributed by atoms with Crippen molar-refractivity contribution in [2.75, 3.05) is 5.75 Å². The van der Waals surface area contributed by atoms with Crippen LogP contribution in [-0.4, -0.2) is 32.1 Å². The summed E-state index contributed by atoms with van der Waals surface area (Å²) in [4.78, 5) is 12.7. The van der Waals surface area contributed by atoms with Crippen molar-refractivity contribution in [2.45, 2.75) is 25.9 Å². The summed E-state index contributed by atoms with van der Waals surface area (Å²) in [6.07, 6.45) is 0. The second-order valence-electron chi connectivity index (χ2n) is 9.31. The number of hydrazone groups is 1. The predicted octanol–water partition coefficient (Wildman–Crippen LogP) is 6.85. The summed E-state index contributed by atoms with van der Waals surface area (Å²) in [6.45, 7) is 5.99. The molecule has 1 heterocycles. The van der Waals surface area contributed by atoms with Crippen molar-refractivity contribution >= 4 is 23.4 Å². The summed E-state index contributed by atoms with van der Waals surface area (Å²) in [7, 11) is 0. The lowest BCUT2D eigenvalue weighted by Crippen LogP contribution is -2.21. The quantitative estimate of drug-likeness (QED) is 0.135. The van der Waals surface area contributed by atoms with Gasteiger partial charge in [0.2, 0.25) is 0 Å². The summed E-state index contributed by atoms with van der Waals surface area (Å²) in [5.74, 6) is 0.673. The maximum atomic E-state index is 12.7. The van der Waals surface area contributed by atoms with Crippen molar-refractivity contribution in [1.82, 2.24) is 20.2 Å². The van der Waals surface area contributed by atoms with E-state index in [2.05, 4.69) is 83.1 Å². The maximum Gasteiger partial charge on any atom is 0.250 e. The minimum Gasteiger partial charge on any atom is -0.272 e. The lowest BCUT2D eigenvalue weighted by molar-refractivity contribution is -0.118. The lowest BCUT2D eigenvalue weighted by Gasteiger charge is -2.11. The van der Waals surface area contributed by atoms with E-state index in [9.17, 15) is 4.79 Å². The molecule has 1 N–H and O–H groups in total. The van der Waals surface area contributed by atoms with Gasteiger partial charge in [-0.3, -0.25) is 9.36 Å². The molecule has 0 bridgehead atoms. The molecule has 0 aliphatic carbocycles. The highest BCUT2D eigenvalue weighted by atomic mass is 32.2. The SMILES string of the molecule is C/C(=N/NC(=O)CSc1nnc(-c2ccc(C)cc2)n1-c1ccc(C)cc1)c1ccc(-c2ccccc2)cc1. The van der Waals surface area contributed by atoms with Gasteiger partial charge in [-0.1, -0.05) is 114 Å². The molecule has 0 fully saturated rings. The highest BCUT2D eigenvalue weighted by Crippen LogP contribution is 2.28. The van der Waals surface area contributed by atoms with Crippen molar-refractivity contribution in [2.24, 2.45) is 5.10 Å². The van der Waals surface area contributed by atoms with Gasteiger partial charge in [0, 0.05) is 11.3 Å². The van der Waals surface area contributed by atoms with Gasteiger partial charge in [0.25, 0.3) is 5.91 Å². The van der Waals surface area contributed by atoms with Crippen molar-refractivity contribution < 1.29 is 4.79 Å². The molecule has 6 nitrogen and oxygen atoms in total. The molecular formula is C32H29N5OS. The summed E-state index contributed by atoms with van der Waals surface area (Å²) >= 11 is 1.33. The van der Waals surface area contributed by atoms with Crippen LogP contribution < -0.4 is 5.43 Å². The number of benzene rings is 4. The molecule has 0 spiro atoms. The van der Waals surface area contributed by atoms with Crippen molar-refractivity contribution in [3.8, 4) is 28.2 Å². The number of carbonyl (C=O) groups is 1. The van der Waals surface area contributed by atoms with E-state index >= 15 is 0 Å². The summed E-state index contributed by atoms with van der Waals surface area (Å²) < 4.78 is 1.99. The fourth-order valence-electron chi connectivity index (χ4n) is 4.09. The predicted molar refractivity (Wildman–Crippen MR) is 159 cm³/mol. The van der Waals surface area contributed by atoms with Gasteiger partial charge in [-0.25, -0.2) is 5.43 Å². The normalized spacial score (nSPS) is 11.4. The number of hydrogen-bond donors (Lipinski definition) is 1. The van der Waals surface area contributed by atoms with Crippen LogP contribution in [-0.2, 0) is 4.79 Å². The van der Waals surface area contributed by atoms with Crippen LogP contribution in [0.2, 0.25) is 0 Å². The number of thioether (sulfide) groups is 1. The molecule has 0 atom stereocenters. The van der Waals surface area contributed by atoms with Gasteiger partial charge in [0.15, 0.2) is 11.0 Å². The second kappa shape index (κ2) is 11.9. The first-order valence-corrected chi connectivity index (χ1v) is 13.7. The van der Waals surface area contributed by atoms with Crippen molar-refractivity contribution in [3.05, 3.63) is 120 Å². The molecule has 0 unspecified atom stereocenters. The molecule has 0 aliphatic heterocycles. The Kier molecular flexibility index (Phi) is 7.99. The first-order valence-electron chi connectivity index (χ1n) is 12.7. The molecule has 1 amide bonds. The van der Waals surface area contributed by atoms with Crippen LogP contribution in [0.25, 0.3) is 28.2 Å². The number of rotatable bonds is 8. The smallest absolute Gasteiger partial charge is 0.250 e. The summed E-state index contributed by atoms with van der Waals surface area (Å²) in [5.41, 5.74) is 10.9. The third-order valence-corrected chi connectivity index (χ3v) is 7.25. The first kappa shape index (κ1) is 26.1. The fourth-order valence-corrected chi connectivity index (χ4v) is 4.83. The third-order valence-electron chi connectivity index (χ3n) is 6.33. The molecule has 4 aromatic carbocycles. The van der Waals surface area contributed by atoms with Gasteiger partial charge in [-0.15, -0.1) is 10.2 Å². The van der Waals surface area contributed by atoms with Crippen LogP contribution in [0.4, 0.5) is 0 Å². The van der Waals surface area contributed by atoms with Crippen LogP contribution in [0, 0.1) is 13.8 Å². The number of hydrogen-bond acceptors (Lipinski definition) is 5. The molecule has 0 radical (unpaired) electrons. The molecule has 7 heteroatoms. The monoisotopic (exact) mass is 531 g/mol. The van der Waals surface area contributed by atoms with Crippen LogP contribution in [0.1, 0.15) is 23.6 Å². The highest BCUT2D eigenvalue weighted by molar-refractivity contribution is 7.99. The Morgan fingerprint density at radius 3 is 2.03 bits per heavy atom. The Morgan fingerprint density at radius 2 is 1.36 bits per heavy atom. The fraction of sp³-hybridized carbons (Fsp3) is 0.125. The van der Waals surface area contributed by atoms with Crippen LogP contribution >= 0.6 is 11.8 Å². The summed E-state index contributed by atoms with van der Waals surface area (Å²) in [5, 5.41) is 13.9. The third kappa shape index (κ3) is 6.33. The second-order valence-corrected chi connectivity index (χ2v) is 10.2. The van der Waals surface area contributed by atoms with Gasteiger partial charge < -0.3 is 0 Å². The van der Waals surface area contributed by atoms with Crippen LogP contribution in [0.5, 0.6) is 0 Å². The highest BCUT2D eigenvalue weighted by Gasteiger charge is 2.17. The largest absolute Gasteiger partial charge is 0.272 e. The zero-order valence-electron chi connectivity index (χ0n) is 22.1. The number of carbonyl (C=O) groups excluding carboxylic acids is 1. The van der Waals surface area contributed by atoms with E-state index in [0.717, 1.165) is 39.5 Å². The summed E-state index contributed by atoms with van der Waals surface area (Å²) in [6, 6.07) is 34.7. The Labute approximate surface area is 232 Å². The molecule has 39 heavy (non-hydrogen) atoms. The molecule has 5 aromatic rings. The van der Waals surface area contributed by atoms with E-state index in [1.807, 2.05) is 66.1 Å². The Morgan fingerprint density at radius 1 is 0.769 bits per heavy atom. The van der Waals surface area contributed by atoms with Gasteiger partial charge in [0.1, 0.15) is 0 Å². The zero-order chi connectivity index (χ0) is 27.2. The van der Waals surface area contributed by atoms with Crippen LogP contribution in [0.15, 0.2) is 113 Å². The first-order chi connectivity index (χ1) is 19.0. The van der Waals surface area contributed by atoms with Crippen molar-refractivity contribution in [1.29, 1.82) is 0 Å². The Bertz CT molecular complexity index is 1590. The van der Waals surface area contributed by atoms with Gasteiger partial charge in [-0.2, -0.15) is 5.10 Å². The molecular weight excluding hydrogens is 502 g/mol. The molecule has 1 aromatic heterocycles. The van der Waals surface area contributed by atoms with Gasteiger partial charge in [0.05, 0.1) is 11.5 Å². The number of aryl methyl sites for hydroxylation is 2. The van der Waals surface area contributed by atoms with E-state index in [0.29, 0.717) is 5.16 Å². The molecule has 194 valence electrons. The zero-order valence-corrected chi connectivity index (χ0v) is 22.9. The Hall–Kier alpha value is -4.49. The minimum atomic E-state index is -0.212. The molecule has 0 saturated heterocycles. The number of nitrogens with zero attached hydrogens (tertiary/aromatic N) is 4. The molecule has 5 rings (SSSR count). The average molecular weight is 532 g/mol. The Balaban J connectivity index is 1.28. The van der Waals surface area contributed by atoms with E-state index < -0.39 is 0 Å². The number of amides is 1. The van der Waals surface area contributed by atoms with E-state index in [-0.39, 0.29) is 11.7 Å². The average Bonchev–Trinajstić information content (AvgIpc) is 3.40. The maximum absolute atomic E-state index is 12.7. The minimum absolute atomic E-state index is 0.154. The number of nitrogens with one attached hydrogen (secondary N) is 1. The molecule has 0 saturated carbocycles. The topological polar surface area (TPSA) is 72.2 Å². The molecule has 0 aliphatic rings. The van der Waals surface area contributed by atoms with E-state index in [4.69, 9.17) is 0 Å². The lowest BCUT2D eigenvalue weighted by atomic mass is 10.0. The standard InChI is InChI=1S/C32H29N5OS/c1-22-9-13-28(14-10-22)31-35-36-32(37(31)29-19-11-23(2)12-20-29)39-21-30(38)34-33-24(3)25-15-17-27(18-16-25)26-7-5-4-6-8-26/h4-20H,21H2,1-3H3,(H,34,38)/b33-24-. The van der Waals surface area contributed by atoms with Gasteiger partial charge in [-0.05, 0) is 49.6 Å².